The Balaban J connectivity index is 3.30. The third-order valence-corrected chi connectivity index (χ3v) is 5.85. The molecule has 184 valence electrons. The third-order valence-electron chi connectivity index (χ3n) is 5.59. The summed E-state index contributed by atoms with van der Waals surface area (Å²) in [5, 5.41) is 0. The molecule has 0 aliphatic carbocycles. The van der Waals surface area contributed by atoms with Crippen LogP contribution in [0.25, 0.3) is 0 Å². The largest absolute Gasteiger partial charge is 0.466 e. The first-order chi connectivity index (χ1) is 15.2. The van der Waals surface area contributed by atoms with Crippen LogP contribution in [0.3, 0.4) is 0 Å². The van der Waals surface area contributed by atoms with Crippen LogP contribution in [0.1, 0.15) is 135 Å². The van der Waals surface area contributed by atoms with Gasteiger partial charge in [0.1, 0.15) is 0 Å². The second-order valence-electron chi connectivity index (χ2n) is 8.64. The number of carbonyl (C=O) groups is 2. The predicted molar refractivity (Wildman–Crippen MR) is 131 cm³/mol. The van der Waals surface area contributed by atoms with E-state index in [-0.39, 0.29) is 24.8 Å². The highest BCUT2D eigenvalue weighted by Crippen LogP contribution is 2.11. The molecule has 0 aliphatic heterocycles. The van der Waals surface area contributed by atoms with E-state index in [1.165, 1.54) is 83.5 Å². The Hall–Kier alpha value is -0.770. The number of halogens is 1. The normalized spacial score (nSPS) is 10.9. The van der Waals surface area contributed by atoms with E-state index in [1.54, 1.807) is 0 Å². The van der Waals surface area contributed by atoms with Crippen molar-refractivity contribution < 1.29 is 19.1 Å². The molecule has 4 nitrogen and oxygen atoms in total. The molecular formula is C26H49ClO4. The van der Waals surface area contributed by atoms with E-state index >= 15 is 0 Å². The van der Waals surface area contributed by atoms with E-state index < -0.39 is 0 Å². The Bertz CT molecular complexity index is 401. The zero-order valence-electron chi connectivity index (χ0n) is 20.3. The number of esters is 2. The lowest BCUT2D eigenvalue weighted by Crippen LogP contribution is -2.11. The standard InChI is InChI=1S/C26H49ClO4/c1-2-3-4-5-6-7-9-12-15-18-23-30-25(28)20-21-26(29)31-24-19-16-13-10-8-11-14-17-22-27/h2-24H2,1H3. The smallest absolute Gasteiger partial charge is 0.306 e. The van der Waals surface area contributed by atoms with E-state index in [0.717, 1.165) is 38.0 Å². The van der Waals surface area contributed by atoms with Gasteiger partial charge in [-0.05, 0) is 19.3 Å². The molecule has 0 amide bonds. The quantitative estimate of drug-likeness (QED) is 0.0828. The van der Waals surface area contributed by atoms with Crippen molar-refractivity contribution in [2.24, 2.45) is 0 Å². The molecule has 0 heterocycles. The predicted octanol–water partition coefficient (Wildman–Crippen LogP) is 8.13. The van der Waals surface area contributed by atoms with Crippen LogP contribution in [0.2, 0.25) is 0 Å². The van der Waals surface area contributed by atoms with Gasteiger partial charge in [0, 0.05) is 5.88 Å². The van der Waals surface area contributed by atoms with Crippen LogP contribution in [0.15, 0.2) is 0 Å². The fourth-order valence-electron chi connectivity index (χ4n) is 3.57. The van der Waals surface area contributed by atoms with Crippen LogP contribution in [0.5, 0.6) is 0 Å². The summed E-state index contributed by atoms with van der Waals surface area (Å²) < 4.78 is 10.4. The van der Waals surface area contributed by atoms with Crippen LogP contribution in [0, 0.1) is 0 Å². The monoisotopic (exact) mass is 460 g/mol. The van der Waals surface area contributed by atoms with Gasteiger partial charge in [0.05, 0.1) is 26.1 Å². The van der Waals surface area contributed by atoms with Gasteiger partial charge in [-0.3, -0.25) is 9.59 Å². The van der Waals surface area contributed by atoms with E-state index in [2.05, 4.69) is 6.92 Å². The van der Waals surface area contributed by atoms with Crippen molar-refractivity contribution in [2.75, 3.05) is 19.1 Å². The molecule has 31 heavy (non-hydrogen) atoms. The summed E-state index contributed by atoms with van der Waals surface area (Å²) in [5.41, 5.74) is 0. The highest BCUT2D eigenvalue weighted by Gasteiger charge is 2.09. The molecule has 0 radical (unpaired) electrons. The molecular weight excluding hydrogens is 412 g/mol. The highest BCUT2D eigenvalue weighted by atomic mass is 35.5. The van der Waals surface area contributed by atoms with Gasteiger partial charge in [0.2, 0.25) is 0 Å². The van der Waals surface area contributed by atoms with E-state index in [0.29, 0.717) is 13.2 Å². The minimum Gasteiger partial charge on any atom is -0.466 e. The van der Waals surface area contributed by atoms with Crippen molar-refractivity contribution in [3.63, 3.8) is 0 Å². The number of hydrogen-bond donors (Lipinski definition) is 0. The number of alkyl halides is 1. The van der Waals surface area contributed by atoms with E-state index in [4.69, 9.17) is 21.1 Å². The van der Waals surface area contributed by atoms with Gasteiger partial charge in [-0.25, -0.2) is 0 Å². The zero-order valence-corrected chi connectivity index (χ0v) is 21.0. The van der Waals surface area contributed by atoms with Crippen molar-refractivity contribution in [1.29, 1.82) is 0 Å². The first kappa shape index (κ1) is 30.2. The van der Waals surface area contributed by atoms with Gasteiger partial charge in [0.15, 0.2) is 0 Å². The Morgan fingerprint density at radius 2 is 0.839 bits per heavy atom. The molecule has 0 aromatic heterocycles. The maximum Gasteiger partial charge on any atom is 0.306 e. The first-order valence-electron chi connectivity index (χ1n) is 13.1. The average Bonchev–Trinajstić information content (AvgIpc) is 2.77. The number of unbranched alkanes of at least 4 members (excludes halogenated alkanes) is 16. The molecule has 0 spiro atoms. The molecule has 5 heteroatoms. The first-order valence-corrected chi connectivity index (χ1v) is 13.6. The van der Waals surface area contributed by atoms with Gasteiger partial charge < -0.3 is 9.47 Å². The molecule has 0 atom stereocenters. The van der Waals surface area contributed by atoms with Crippen molar-refractivity contribution in [3.05, 3.63) is 0 Å². The van der Waals surface area contributed by atoms with Crippen LogP contribution >= 0.6 is 11.6 Å². The minimum absolute atomic E-state index is 0.122. The van der Waals surface area contributed by atoms with Gasteiger partial charge in [0.25, 0.3) is 0 Å². The van der Waals surface area contributed by atoms with Crippen LogP contribution in [-0.2, 0) is 19.1 Å². The molecule has 0 fully saturated rings. The molecule has 0 aliphatic rings. The van der Waals surface area contributed by atoms with Crippen LogP contribution in [0.4, 0.5) is 0 Å². The third kappa shape index (κ3) is 25.4. The van der Waals surface area contributed by atoms with E-state index in [9.17, 15) is 9.59 Å². The maximum absolute atomic E-state index is 11.7. The Kier molecular flexibility index (Phi) is 24.9. The lowest BCUT2D eigenvalue weighted by molar-refractivity contribution is -0.150. The maximum atomic E-state index is 11.7. The van der Waals surface area contributed by atoms with Crippen LogP contribution < -0.4 is 0 Å². The summed E-state index contributed by atoms with van der Waals surface area (Å²) in [4.78, 5) is 23.4. The topological polar surface area (TPSA) is 52.6 Å². The summed E-state index contributed by atoms with van der Waals surface area (Å²) >= 11 is 5.66. The summed E-state index contributed by atoms with van der Waals surface area (Å²) in [6.45, 7) is 3.17. The zero-order chi connectivity index (χ0) is 22.8. The van der Waals surface area contributed by atoms with Gasteiger partial charge in [-0.2, -0.15) is 0 Å². The Morgan fingerprint density at radius 1 is 0.516 bits per heavy atom. The Labute approximate surface area is 197 Å². The fraction of sp³-hybridized carbons (Fsp3) is 0.923. The summed E-state index contributed by atoms with van der Waals surface area (Å²) in [6, 6.07) is 0. The van der Waals surface area contributed by atoms with Gasteiger partial charge in [-0.15, -0.1) is 11.6 Å². The molecule has 0 saturated carbocycles. The van der Waals surface area contributed by atoms with Crippen molar-refractivity contribution in [1.82, 2.24) is 0 Å². The van der Waals surface area contributed by atoms with Gasteiger partial charge >= 0.3 is 11.9 Å². The summed E-state index contributed by atoms with van der Waals surface area (Å²) in [5.74, 6) is 0.182. The molecule has 0 saturated heterocycles. The number of hydrogen-bond acceptors (Lipinski definition) is 4. The van der Waals surface area contributed by atoms with E-state index in [1.807, 2.05) is 0 Å². The average molecular weight is 461 g/mol. The molecule has 0 aromatic carbocycles. The van der Waals surface area contributed by atoms with Gasteiger partial charge in [-0.1, -0.05) is 103 Å². The second-order valence-corrected chi connectivity index (χ2v) is 9.02. The summed E-state index contributed by atoms with van der Waals surface area (Å²) in [7, 11) is 0. The second kappa shape index (κ2) is 25.5. The highest BCUT2D eigenvalue weighted by molar-refractivity contribution is 6.17. The van der Waals surface area contributed by atoms with Crippen molar-refractivity contribution >= 4 is 23.5 Å². The summed E-state index contributed by atoms with van der Waals surface area (Å²) in [6.07, 6.45) is 22.1. The number of ether oxygens (including phenoxy) is 2. The molecule has 0 unspecified atom stereocenters. The minimum atomic E-state index is -0.294. The molecule has 0 aromatic rings. The number of rotatable bonds is 24. The lowest BCUT2D eigenvalue weighted by Gasteiger charge is -2.06. The Morgan fingerprint density at radius 3 is 1.19 bits per heavy atom. The molecule has 0 N–H and O–H groups in total. The van der Waals surface area contributed by atoms with Crippen molar-refractivity contribution in [2.45, 2.75) is 135 Å². The van der Waals surface area contributed by atoms with Crippen LogP contribution in [-0.4, -0.2) is 31.0 Å². The molecule has 0 rings (SSSR count). The molecule has 0 bridgehead atoms. The number of carbonyl (C=O) groups excluding carboxylic acids is 2. The fourth-order valence-corrected chi connectivity index (χ4v) is 3.76. The SMILES string of the molecule is CCCCCCCCCCCCOC(=O)CCC(=O)OCCCCCCCCCCCl. The van der Waals surface area contributed by atoms with Crippen molar-refractivity contribution in [3.8, 4) is 0 Å². The lowest BCUT2D eigenvalue weighted by atomic mass is 10.1.